The Hall–Kier alpha value is -4.38. The van der Waals surface area contributed by atoms with E-state index in [0.29, 0.717) is 22.6 Å². The fraction of sp³-hybridized carbons (Fsp3) is 0.231. The van der Waals surface area contributed by atoms with Gasteiger partial charge in [0.15, 0.2) is 28.8 Å². The largest absolute Gasteiger partial charge is 0.502 e. The van der Waals surface area contributed by atoms with Crippen molar-refractivity contribution in [1.29, 1.82) is 0 Å². The molecule has 2 aromatic carbocycles. The number of halogens is 2. The summed E-state index contributed by atoms with van der Waals surface area (Å²) in [5.41, 5.74) is 1.10. The molecule has 0 bridgehead atoms. The van der Waals surface area contributed by atoms with Gasteiger partial charge in [-0.1, -0.05) is 18.2 Å². The van der Waals surface area contributed by atoms with E-state index >= 15 is 4.39 Å². The predicted octanol–water partition coefficient (Wildman–Crippen LogP) is 2.56. The molecule has 1 aromatic heterocycles. The Bertz CT molecular complexity index is 1570. The maximum Gasteiger partial charge on any atom is 0.278 e. The molecule has 0 aliphatic carbocycles. The van der Waals surface area contributed by atoms with Gasteiger partial charge in [0.1, 0.15) is 18.5 Å². The average molecular weight is 506 g/mol. The lowest BCUT2D eigenvalue weighted by atomic mass is 9.92. The van der Waals surface area contributed by atoms with E-state index in [0.717, 1.165) is 6.07 Å². The fourth-order valence-corrected chi connectivity index (χ4v) is 5.72. The molecule has 2 atom stereocenters. The molecule has 9 nitrogen and oxygen atoms in total. The molecule has 4 aliphatic heterocycles. The molecule has 188 valence electrons. The number of nitrogens with zero attached hydrogens (tertiary/aromatic N) is 4. The van der Waals surface area contributed by atoms with Crippen molar-refractivity contribution in [2.45, 2.75) is 18.8 Å². The second-order valence-electron chi connectivity index (χ2n) is 9.21. The summed E-state index contributed by atoms with van der Waals surface area (Å²) in [5.74, 6) is -2.60. The van der Waals surface area contributed by atoms with Crippen molar-refractivity contribution < 1.29 is 28.2 Å². The lowest BCUT2D eigenvalue weighted by Crippen LogP contribution is -2.66. The van der Waals surface area contributed by atoms with Gasteiger partial charge >= 0.3 is 0 Å². The molecular weight excluding hydrogens is 486 g/mol. The number of fused-ring (bicyclic) bond motifs is 3. The Morgan fingerprint density at radius 3 is 2.78 bits per heavy atom. The van der Waals surface area contributed by atoms with Crippen LogP contribution in [0.1, 0.15) is 33.2 Å². The van der Waals surface area contributed by atoms with Crippen molar-refractivity contribution >= 4 is 11.6 Å². The first-order chi connectivity index (χ1) is 18.0. The van der Waals surface area contributed by atoms with Crippen LogP contribution in [0.3, 0.4) is 0 Å². The van der Waals surface area contributed by atoms with Gasteiger partial charge < -0.3 is 24.4 Å². The third kappa shape index (κ3) is 2.97. The highest BCUT2D eigenvalue weighted by Gasteiger charge is 2.47. The quantitative estimate of drug-likeness (QED) is 0.543. The Kier molecular flexibility index (Phi) is 4.61. The summed E-state index contributed by atoms with van der Waals surface area (Å²) in [6.45, 7) is 0.675. The van der Waals surface area contributed by atoms with Crippen LogP contribution in [-0.4, -0.2) is 46.5 Å². The number of anilines is 1. The second-order valence-corrected chi connectivity index (χ2v) is 9.21. The lowest BCUT2D eigenvalue weighted by Gasteiger charge is -2.51. The van der Waals surface area contributed by atoms with Crippen molar-refractivity contribution in [2.24, 2.45) is 0 Å². The molecule has 1 amide bonds. The smallest absolute Gasteiger partial charge is 0.278 e. The highest BCUT2D eigenvalue weighted by Crippen LogP contribution is 2.48. The molecule has 37 heavy (non-hydrogen) atoms. The van der Waals surface area contributed by atoms with E-state index in [1.807, 2.05) is 6.07 Å². The SMILES string of the molecule is O=C1c2c(O)c(=O)ccn2N([C@H]2c3ccc(F)c(F)c3CN3C=COc4cccc2c43)[C@@H]2COCCN12. The first kappa shape index (κ1) is 21.9. The van der Waals surface area contributed by atoms with Crippen molar-refractivity contribution in [2.75, 3.05) is 29.7 Å². The van der Waals surface area contributed by atoms with E-state index < -0.39 is 40.9 Å². The molecule has 1 saturated heterocycles. The van der Waals surface area contributed by atoms with Crippen molar-refractivity contribution in [1.82, 2.24) is 9.58 Å². The highest BCUT2D eigenvalue weighted by molar-refractivity contribution is 5.96. The van der Waals surface area contributed by atoms with Gasteiger partial charge in [0.05, 0.1) is 25.4 Å². The molecular formula is C26H20F2N4O5. The number of carbonyl (C=O) groups is 1. The standard InChI is InChI=1S/C26H20F2N4O5/c27-17-5-4-14-16(21(17)28)12-29-8-11-37-19-3-1-2-15(23(19)29)22(14)32-20-13-36-10-9-30(20)26(35)24-25(34)18(33)6-7-31(24)32/h1-8,11,20,22,34H,9-10,12-13H2/t20-,22+/m1/s1. The third-order valence-corrected chi connectivity index (χ3v) is 7.34. The van der Waals surface area contributed by atoms with Gasteiger partial charge in [-0.2, -0.15) is 0 Å². The highest BCUT2D eigenvalue weighted by atomic mass is 19.2. The summed E-state index contributed by atoms with van der Waals surface area (Å²) in [4.78, 5) is 29.1. The number of rotatable bonds is 1. The topological polar surface area (TPSA) is 87.5 Å². The molecule has 0 unspecified atom stereocenters. The minimum Gasteiger partial charge on any atom is -0.502 e. The van der Waals surface area contributed by atoms with Crippen LogP contribution in [-0.2, 0) is 11.3 Å². The first-order valence-electron chi connectivity index (χ1n) is 11.8. The Morgan fingerprint density at radius 2 is 1.92 bits per heavy atom. The number of carbonyl (C=O) groups excluding carboxylic acids is 1. The Balaban J connectivity index is 1.57. The minimum absolute atomic E-state index is 0.0409. The molecule has 0 radical (unpaired) electrons. The average Bonchev–Trinajstić information content (AvgIpc) is 3.05. The van der Waals surface area contributed by atoms with Crippen molar-refractivity contribution in [3.63, 3.8) is 0 Å². The number of hydrogen-bond donors (Lipinski definition) is 1. The molecule has 1 N–H and O–H groups in total. The van der Waals surface area contributed by atoms with Crippen LogP contribution in [0.4, 0.5) is 14.5 Å². The number of aromatic nitrogens is 1. The van der Waals surface area contributed by atoms with Gasteiger partial charge in [0.25, 0.3) is 5.91 Å². The molecule has 7 rings (SSSR count). The van der Waals surface area contributed by atoms with Gasteiger partial charge in [-0.3, -0.25) is 19.3 Å². The van der Waals surface area contributed by atoms with E-state index in [1.54, 1.807) is 28.2 Å². The number of hydrogen-bond acceptors (Lipinski definition) is 7. The number of aromatic hydroxyl groups is 1. The van der Waals surface area contributed by atoms with E-state index in [9.17, 15) is 19.1 Å². The van der Waals surface area contributed by atoms with Gasteiger partial charge in [0, 0.05) is 36.1 Å². The van der Waals surface area contributed by atoms with Gasteiger partial charge in [-0.15, -0.1) is 0 Å². The van der Waals surface area contributed by atoms with Crippen LogP contribution in [0.25, 0.3) is 0 Å². The first-order valence-corrected chi connectivity index (χ1v) is 11.8. The fourth-order valence-electron chi connectivity index (χ4n) is 5.72. The minimum atomic E-state index is -0.973. The van der Waals surface area contributed by atoms with Gasteiger partial charge in [0.2, 0.25) is 5.43 Å². The van der Waals surface area contributed by atoms with Gasteiger partial charge in [-0.05, 0) is 17.7 Å². The number of morpholine rings is 1. The number of pyridine rings is 1. The maximum absolute atomic E-state index is 15.4. The van der Waals surface area contributed by atoms with Crippen molar-refractivity contribution in [3.8, 4) is 11.5 Å². The zero-order chi connectivity index (χ0) is 25.4. The second kappa shape index (κ2) is 7.81. The molecule has 4 aliphatic rings. The summed E-state index contributed by atoms with van der Waals surface area (Å²) >= 11 is 0. The Morgan fingerprint density at radius 1 is 1.05 bits per heavy atom. The van der Waals surface area contributed by atoms with Crippen LogP contribution in [0.5, 0.6) is 11.5 Å². The van der Waals surface area contributed by atoms with Crippen LogP contribution in [0, 0.1) is 11.6 Å². The monoisotopic (exact) mass is 506 g/mol. The van der Waals surface area contributed by atoms with E-state index in [1.165, 1.54) is 34.2 Å². The molecule has 5 heterocycles. The van der Waals surface area contributed by atoms with Crippen LogP contribution in [0.15, 0.2) is 59.9 Å². The molecule has 3 aromatic rings. The van der Waals surface area contributed by atoms with Crippen LogP contribution >= 0.6 is 0 Å². The van der Waals surface area contributed by atoms with E-state index in [2.05, 4.69) is 0 Å². The van der Waals surface area contributed by atoms with E-state index in [4.69, 9.17) is 9.47 Å². The summed E-state index contributed by atoms with van der Waals surface area (Å²) in [6, 6.07) is 8.46. The summed E-state index contributed by atoms with van der Waals surface area (Å²) in [6.07, 6.45) is 3.89. The molecule has 1 fully saturated rings. The number of para-hydroxylation sites is 1. The number of benzene rings is 2. The van der Waals surface area contributed by atoms with Gasteiger partial charge in [-0.25, -0.2) is 8.78 Å². The van der Waals surface area contributed by atoms with Crippen LogP contribution in [0.2, 0.25) is 0 Å². The molecule has 0 spiro atoms. The summed E-state index contributed by atoms with van der Waals surface area (Å²) in [5, 5.41) is 12.5. The maximum atomic E-state index is 15.4. The normalized spacial score (nSPS) is 21.5. The number of ether oxygens (including phenoxy) is 2. The van der Waals surface area contributed by atoms with Crippen LogP contribution < -0.4 is 20.1 Å². The summed E-state index contributed by atoms with van der Waals surface area (Å²) in [7, 11) is 0. The van der Waals surface area contributed by atoms with E-state index in [-0.39, 0.29) is 37.6 Å². The predicted molar refractivity (Wildman–Crippen MR) is 127 cm³/mol. The Labute approximate surface area is 208 Å². The lowest BCUT2D eigenvalue weighted by molar-refractivity contribution is -0.0197. The molecule has 0 saturated carbocycles. The number of amides is 1. The third-order valence-electron chi connectivity index (χ3n) is 7.34. The summed E-state index contributed by atoms with van der Waals surface area (Å²) < 4.78 is 42.9. The zero-order valence-electron chi connectivity index (χ0n) is 19.3. The molecule has 11 heteroatoms. The van der Waals surface area contributed by atoms with Crippen molar-refractivity contribution in [3.05, 3.63) is 99.3 Å². The zero-order valence-corrected chi connectivity index (χ0v) is 19.3.